The summed E-state index contributed by atoms with van der Waals surface area (Å²) in [6.45, 7) is 5.88. The lowest BCUT2D eigenvalue weighted by Crippen LogP contribution is -2.42. The molecule has 1 saturated carbocycles. The molecule has 1 heterocycles. The number of carbonyl (C=O) groups is 1. The monoisotopic (exact) mass is 224 g/mol. The Bertz CT molecular complexity index is 246. The van der Waals surface area contributed by atoms with Crippen LogP contribution in [-0.2, 0) is 4.79 Å². The fourth-order valence-electron chi connectivity index (χ4n) is 2.94. The Balaban J connectivity index is 1.73. The smallest absolute Gasteiger partial charge is 0.219 e. The van der Waals surface area contributed by atoms with Crippen molar-refractivity contribution in [2.24, 2.45) is 5.92 Å². The molecule has 2 aliphatic rings. The number of carbonyl (C=O) groups excluding carboxylic acids is 1. The van der Waals surface area contributed by atoms with E-state index in [2.05, 4.69) is 12.2 Å². The first-order valence-electron chi connectivity index (χ1n) is 6.66. The number of amides is 1. The van der Waals surface area contributed by atoms with Crippen molar-refractivity contribution in [3.8, 4) is 0 Å². The van der Waals surface area contributed by atoms with Crippen molar-refractivity contribution in [3.05, 3.63) is 0 Å². The Morgan fingerprint density at radius 1 is 1.12 bits per heavy atom. The van der Waals surface area contributed by atoms with Gasteiger partial charge in [0.05, 0.1) is 0 Å². The van der Waals surface area contributed by atoms with E-state index in [1.165, 1.54) is 25.7 Å². The molecule has 92 valence electrons. The second-order valence-corrected chi connectivity index (χ2v) is 5.57. The molecule has 3 heteroatoms. The summed E-state index contributed by atoms with van der Waals surface area (Å²) in [5.74, 6) is 1.14. The molecule has 0 aromatic rings. The van der Waals surface area contributed by atoms with E-state index in [-0.39, 0.29) is 5.91 Å². The van der Waals surface area contributed by atoms with Gasteiger partial charge in [-0.1, -0.05) is 6.92 Å². The van der Waals surface area contributed by atoms with Crippen LogP contribution in [-0.4, -0.2) is 36.0 Å². The number of nitrogens with zero attached hydrogens (tertiary/aromatic N) is 1. The lowest BCUT2D eigenvalue weighted by atomic mass is 9.87. The molecular formula is C13H24N2O. The minimum atomic E-state index is 0.224. The molecular weight excluding hydrogens is 200 g/mol. The summed E-state index contributed by atoms with van der Waals surface area (Å²) in [5.41, 5.74) is 0. The normalized spacial score (nSPS) is 35.4. The van der Waals surface area contributed by atoms with Crippen LogP contribution in [0.15, 0.2) is 0 Å². The molecule has 0 spiro atoms. The predicted molar refractivity (Wildman–Crippen MR) is 65.2 cm³/mol. The summed E-state index contributed by atoms with van der Waals surface area (Å²) in [5, 5.41) is 3.73. The van der Waals surface area contributed by atoms with Gasteiger partial charge in [0.15, 0.2) is 0 Å². The quantitative estimate of drug-likeness (QED) is 0.775. The molecule has 0 aromatic heterocycles. The first-order valence-corrected chi connectivity index (χ1v) is 6.66. The molecule has 1 saturated heterocycles. The van der Waals surface area contributed by atoms with Crippen molar-refractivity contribution in [3.63, 3.8) is 0 Å². The average Bonchev–Trinajstić information content (AvgIpc) is 2.70. The van der Waals surface area contributed by atoms with Gasteiger partial charge < -0.3 is 10.2 Å². The molecule has 1 aliphatic heterocycles. The summed E-state index contributed by atoms with van der Waals surface area (Å²) >= 11 is 0. The number of hydrogen-bond donors (Lipinski definition) is 1. The van der Waals surface area contributed by atoms with E-state index in [1.807, 2.05) is 4.90 Å². The van der Waals surface area contributed by atoms with Crippen LogP contribution >= 0.6 is 0 Å². The van der Waals surface area contributed by atoms with Gasteiger partial charge >= 0.3 is 0 Å². The van der Waals surface area contributed by atoms with E-state index in [1.54, 1.807) is 6.92 Å². The van der Waals surface area contributed by atoms with Crippen molar-refractivity contribution in [1.82, 2.24) is 10.2 Å². The number of hydrogen-bond acceptors (Lipinski definition) is 2. The summed E-state index contributed by atoms with van der Waals surface area (Å²) in [6.07, 6.45) is 6.49. The topological polar surface area (TPSA) is 32.3 Å². The Kier molecular flexibility index (Phi) is 3.85. The molecule has 1 unspecified atom stereocenters. The van der Waals surface area contributed by atoms with Crippen LogP contribution in [0.5, 0.6) is 0 Å². The highest BCUT2D eigenvalue weighted by atomic mass is 16.2. The second kappa shape index (κ2) is 5.17. The Hall–Kier alpha value is -0.570. The van der Waals surface area contributed by atoms with Crippen LogP contribution < -0.4 is 5.32 Å². The van der Waals surface area contributed by atoms with Gasteiger partial charge in [-0.3, -0.25) is 4.79 Å². The minimum absolute atomic E-state index is 0.224. The van der Waals surface area contributed by atoms with Crippen LogP contribution in [0.1, 0.15) is 46.0 Å². The summed E-state index contributed by atoms with van der Waals surface area (Å²) in [7, 11) is 0. The number of nitrogens with one attached hydrogen (secondary N) is 1. The molecule has 1 N–H and O–H groups in total. The molecule has 0 aromatic carbocycles. The van der Waals surface area contributed by atoms with E-state index in [0.29, 0.717) is 12.1 Å². The molecule has 2 fully saturated rings. The maximum atomic E-state index is 11.2. The van der Waals surface area contributed by atoms with Crippen molar-refractivity contribution in [2.45, 2.75) is 58.0 Å². The van der Waals surface area contributed by atoms with E-state index >= 15 is 0 Å². The van der Waals surface area contributed by atoms with Crippen LogP contribution in [0.4, 0.5) is 0 Å². The van der Waals surface area contributed by atoms with Gasteiger partial charge in [0, 0.05) is 32.1 Å². The third-order valence-corrected chi connectivity index (χ3v) is 4.12. The zero-order chi connectivity index (χ0) is 11.5. The van der Waals surface area contributed by atoms with Gasteiger partial charge in [-0.15, -0.1) is 0 Å². The maximum Gasteiger partial charge on any atom is 0.219 e. The highest BCUT2D eigenvalue weighted by Gasteiger charge is 2.27. The molecule has 3 nitrogen and oxygen atoms in total. The van der Waals surface area contributed by atoms with Crippen LogP contribution in [0.2, 0.25) is 0 Å². The highest BCUT2D eigenvalue weighted by Crippen LogP contribution is 2.24. The molecule has 1 aliphatic carbocycles. The summed E-state index contributed by atoms with van der Waals surface area (Å²) < 4.78 is 0. The zero-order valence-electron chi connectivity index (χ0n) is 10.5. The van der Waals surface area contributed by atoms with Gasteiger partial charge in [-0.05, 0) is 38.0 Å². The van der Waals surface area contributed by atoms with E-state index in [4.69, 9.17) is 0 Å². The first-order chi connectivity index (χ1) is 7.65. The molecule has 2 rings (SSSR count). The first kappa shape index (κ1) is 11.9. The number of likely N-dealkylation sites (tertiary alicyclic amines) is 1. The standard InChI is InChI=1S/C13H24N2O/c1-10-3-5-12(6-4-10)14-13-7-8-15(9-13)11(2)16/h10,12-14H,3-9H2,1-2H3. The van der Waals surface area contributed by atoms with Gasteiger partial charge in [0.2, 0.25) is 5.91 Å². The Morgan fingerprint density at radius 3 is 2.38 bits per heavy atom. The fraction of sp³-hybridized carbons (Fsp3) is 0.923. The predicted octanol–water partition coefficient (Wildman–Crippen LogP) is 1.78. The third kappa shape index (κ3) is 2.97. The molecule has 1 amide bonds. The van der Waals surface area contributed by atoms with Gasteiger partial charge in [0.1, 0.15) is 0 Å². The van der Waals surface area contributed by atoms with Crippen LogP contribution in [0.3, 0.4) is 0 Å². The van der Waals surface area contributed by atoms with Crippen molar-refractivity contribution < 1.29 is 4.79 Å². The molecule has 16 heavy (non-hydrogen) atoms. The SMILES string of the molecule is CC(=O)N1CCC(NC2CCC(C)CC2)C1. The summed E-state index contributed by atoms with van der Waals surface area (Å²) in [6, 6.07) is 1.25. The average molecular weight is 224 g/mol. The maximum absolute atomic E-state index is 11.2. The number of rotatable bonds is 2. The lowest BCUT2D eigenvalue weighted by Gasteiger charge is -2.29. The van der Waals surface area contributed by atoms with Gasteiger partial charge in [0.25, 0.3) is 0 Å². The minimum Gasteiger partial charge on any atom is -0.341 e. The van der Waals surface area contributed by atoms with Crippen LogP contribution in [0.25, 0.3) is 0 Å². The van der Waals surface area contributed by atoms with E-state index in [9.17, 15) is 4.79 Å². The second-order valence-electron chi connectivity index (χ2n) is 5.57. The molecule has 1 atom stereocenters. The van der Waals surface area contributed by atoms with Gasteiger partial charge in [-0.2, -0.15) is 0 Å². The fourth-order valence-corrected chi connectivity index (χ4v) is 2.94. The third-order valence-electron chi connectivity index (χ3n) is 4.12. The van der Waals surface area contributed by atoms with Crippen LogP contribution in [0, 0.1) is 5.92 Å². The highest BCUT2D eigenvalue weighted by molar-refractivity contribution is 5.73. The van der Waals surface area contributed by atoms with Crippen molar-refractivity contribution >= 4 is 5.91 Å². The van der Waals surface area contributed by atoms with Crippen molar-refractivity contribution in [1.29, 1.82) is 0 Å². The Morgan fingerprint density at radius 2 is 1.81 bits per heavy atom. The van der Waals surface area contributed by atoms with E-state index < -0.39 is 0 Å². The van der Waals surface area contributed by atoms with E-state index in [0.717, 1.165) is 25.4 Å². The molecule has 0 radical (unpaired) electrons. The molecule has 0 bridgehead atoms. The largest absolute Gasteiger partial charge is 0.341 e. The van der Waals surface area contributed by atoms with Crippen molar-refractivity contribution in [2.75, 3.05) is 13.1 Å². The zero-order valence-corrected chi connectivity index (χ0v) is 10.5. The lowest BCUT2D eigenvalue weighted by molar-refractivity contribution is -0.127. The Labute approximate surface area is 98.6 Å². The summed E-state index contributed by atoms with van der Waals surface area (Å²) in [4.78, 5) is 13.2. The van der Waals surface area contributed by atoms with Gasteiger partial charge in [-0.25, -0.2) is 0 Å².